The number of hydrogen-bond acceptors (Lipinski definition) is 6. The average Bonchev–Trinajstić information content (AvgIpc) is 2.86. The van der Waals surface area contributed by atoms with Crippen LogP contribution in [0.2, 0.25) is 0 Å². The van der Waals surface area contributed by atoms with Gasteiger partial charge in [-0.15, -0.1) is 0 Å². The van der Waals surface area contributed by atoms with E-state index >= 15 is 0 Å². The molecule has 4 rings (SSSR count). The van der Waals surface area contributed by atoms with Gasteiger partial charge in [-0.05, 0) is 59.9 Å². The van der Waals surface area contributed by atoms with Crippen LogP contribution in [0, 0.1) is 0 Å². The molecule has 0 N–H and O–H groups in total. The highest BCUT2D eigenvalue weighted by atomic mass is 32.2. The van der Waals surface area contributed by atoms with Crippen molar-refractivity contribution in [2.24, 2.45) is 0 Å². The number of ether oxygens (including phenoxy) is 2. The van der Waals surface area contributed by atoms with Crippen LogP contribution in [0.3, 0.4) is 0 Å². The summed E-state index contributed by atoms with van der Waals surface area (Å²) in [6.45, 7) is 3.69. The summed E-state index contributed by atoms with van der Waals surface area (Å²) in [7, 11) is -3.71. The molecule has 0 bridgehead atoms. The highest BCUT2D eigenvalue weighted by Gasteiger charge is 2.31. The summed E-state index contributed by atoms with van der Waals surface area (Å²) in [6.07, 6.45) is 2.72. The van der Waals surface area contributed by atoms with E-state index in [4.69, 9.17) is 9.47 Å². The molecule has 0 saturated carbocycles. The van der Waals surface area contributed by atoms with Crippen molar-refractivity contribution in [3.63, 3.8) is 0 Å². The smallest absolute Gasteiger partial charge is 0.308 e. The molecule has 8 heteroatoms. The minimum absolute atomic E-state index is 0.269. The van der Waals surface area contributed by atoms with Gasteiger partial charge in [0.2, 0.25) is 10.0 Å². The number of carbonyl (C=O) groups is 2. The molecule has 0 amide bonds. The Morgan fingerprint density at radius 1 is 0.722 bits per heavy atom. The standard InChI is InChI=1S/C28H29NO6S/c1-20(30)34-24-14-10-22(11-15-24)28(23-12-16-25(17-13-23)35-21(2)31)26-8-4-5-9-27(26)36(32,33)29-18-6-3-7-19-29/h4-5,8-17,28H,3,6-7,18-19H2,1-2H3. The molecular weight excluding hydrogens is 478 g/mol. The Kier molecular flexibility index (Phi) is 7.86. The summed E-state index contributed by atoms with van der Waals surface area (Å²) < 4.78 is 39.4. The molecule has 0 aromatic heterocycles. The van der Waals surface area contributed by atoms with E-state index in [0.717, 1.165) is 30.4 Å². The lowest BCUT2D eigenvalue weighted by Crippen LogP contribution is -2.36. The maximum absolute atomic E-state index is 13.7. The second-order valence-corrected chi connectivity index (χ2v) is 10.7. The fourth-order valence-electron chi connectivity index (χ4n) is 4.54. The molecule has 0 spiro atoms. The van der Waals surface area contributed by atoms with Gasteiger partial charge >= 0.3 is 11.9 Å². The third-order valence-corrected chi connectivity index (χ3v) is 8.09. The monoisotopic (exact) mass is 507 g/mol. The molecule has 0 radical (unpaired) electrons. The highest BCUT2D eigenvalue weighted by molar-refractivity contribution is 7.89. The molecule has 3 aromatic rings. The predicted octanol–water partition coefficient (Wildman–Crippen LogP) is 4.89. The predicted molar refractivity (Wildman–Crippen MR) is 135 cm³/mol. The molecule has 7 nitrogen and oxygen atoms in total. The van der Waals surface area contributed by atoms with Gasteiger partial charge in [0.25, 0.3) is 0 Å². The van der Waals surface area contributed by atoms with Gasteiger partial charge in [0.15, 0.2) is 0 Å². The topological polar surface area (TPSA) is 90.0 Å². The van der Waals surface area contributed by atoms with Crippen molar-refractivity contribution < 1.29 is 27.5 Å². The summed E-state index contributed by atoms with van der Waals surface area (Å²) in [5.41, 5.74) is 2.29. The van der Waals surface area contributed by atoms with Crippen LogP contribution < -0.4 is 9.47 Å². The van der Waals surface area contributed by atoms with Gasteiger partial charge in [0, 0.05) is 32.9 Å². The van der Waals surface area contributed by atoms with Gasteiger partial charge in [-0.2, -0.15) is 4.31 Å². The van der Waals surface area contributed by atoms with Gasteiger partial charge in [0.05, 0.1) is 4.90 Å². The van der Waals surface area contributed by atoms with Crippen LogP contribution >= 0.6 is 0 Å². The lowest BCUT2D eigenvalue weighted by atomic mass is 9.85. The number of esters is 2. The van der Waals surface area contributed by atoms with Gasteiger partial charge in [-0.25, -0.2) is 8.42 Å². The van der Waals surface area contributed by atoms with Crippen LogP contribution in [0.1, 0.15) is 55.7 Å². The molecule has 1 heterocycles. The number of rotatable bonds is 7. The van der Waals surface area contributed by atoms with Crippen LogP contribution in [0.5, 0.6) is 11.5 Å². The Labute approximate surface area is 211 Å². The van der Waals surface area contributed by atoms with E-state index in [1.807, 2.05) is 36.4 Å². The minimum atomic E-state index is -3.71. The zero-order chi connectivity index (χ0) is 25.7. The number of hydrogen-bond donors (Lipinski definition) is 0. The average molecular weight is 508 g/mol. The SMILES string of the molecule is CC(=O)Oc1ccc(C(c2ccc(OC(C)=O)cc2)c2ccccc2S(=O)(=O)N2CCCCC2)cc1. The molecule has 0 aliphatic carbocycles. The fraction of sp³-hybridized carbons (Fsp3) is 0.286. The van der Waals surface area contributed by atoms with Gasteiger partial charge in [-0.3, -0.25) is 9.59 Å². The first kappa shape index (κ1) is 25.6. The maximum atomic E-state index is 13.7. The Balaban J connectivity index is 1.82. The lowest BCUT2D eigenvalue weighted by molar-refractivity contribution is -0.132. The summed E-state index contributed by atoms with van der Waals surface area (Å²) in [5.74, 6) is -0.455. The quantitative estimate of drug-likeness (QED) is 0.257. The van der Waals surface area contributed by atoms with Crippen molar-refractivity contribution in [3.8, 4) is 11.5 Å². The molecule has 188 valence electrons. The van der Waals surface area contributed by atoms with Crippen LogP contribution in [-0.2, 0) is 19.6 Å². The third-order valence-electron chi connectivity index (χ3n) is 6.11. The molecule has 0 atom stereocenters. The zero-order valence-electron chi connectivity index (χ0n) is 20.3. The number of sulfonamides is 1. The van der Waals surface area contributed by atoms with Crippen molar-refractivity contribution in [1.29, 1.82) is 0 Å². The number of benzene rings is 3. The lowest BCUT2D eigenvalue weighted by Gasteiger charge is -2.28. The molecule has 1 saturated heterocycles. The summed E-state index contributed by atoms with van der Waals surface area (Å²) in [6, 6.07) is 21.1. The van der Waals surface area contributed by atoms with Crippen molar-refractivity contribution in [3.05, 3.63) is 89.5 Å². The van der Waals surface area contributed by atoms with Crippen LogP contribution in [0.4, 0.5) is 0 Å². The molecule has 1 fully saturated rings. The van der Waals surface area contributed by atoms with E-state index in [1.54, 1.807) is 40.7 Å². The zero-order valence-corrected chi connectivity index (χ0v) is 21.2. The molecule has 0 unspecified atom stereocenters. The van der Waals surface area contributed by atoms with E-state index in [-0.39, 0.29) is 4.90 Å². The first-order valence-corrected chi connectivity index (χ1v) is 13.4. The van der Waals surface area contributed by atoms with Crippen molar-refractivity contribution >= 4 is 22.0 Å². The van der Waals surface area contributed by atoms with E-state index in [0.29, 0.717) is 30.2 Å². The Morgan fingerprint density at radius 3 is 1.67 bits per heavy atom. The Morgan fingerprint density at radius 2 is 1.19 bits per heavy atom. The summed E-state index contributed by atoms with van der Waals surface area (Å²) in [5, 5.41) is 0. The Bertz CT molecular complexity index is 1270. The van der Waals surface area contributed by atoms with Crippen LogP contribution in [-0.4, -0.2) is 37.8 Å². The van der Waals surface area contributed by atoms with Crippen LogP contribution in [0.15, 0.2) is 77.7 Å². The van der Waals surface area contributed by atoms with Crippen molar-refractivity contribution in [2.75, 3.05) is 13.1 Å². The number of piperidine rings is 1. The number of nitrogens with zero attached hydrogens (tertiary/aromatic N) is 1. The third kappa shape index (κ3) is 5.83. The largest absolute Gasteiger partial charge is 0.427 e. The highest BCUT2D eigenvalue weighted by Crippen LogP contribution is 2.38. The van der Waals surface area contributed by atoms with Crippen molar-refractivity contribution in [2.45, 2.75) is 43.9 Å². The maximum Gasteiger partial charge on any atom is 0.308 e. The first-order chi connectivity index (χ1) is 17.3. The summed E-state index contributed by atoms with van der Waals surface area (Å²) in [4.78, 5) is 23.0. The molecule has 36 heavy (non-hydrogen) atoms. The van der Waals surface area contributed by atoms with Gasteiger partial charge in [-0.1, -0.05) is 48.9 Å². The molecule has 1 aliphatic rings. The second kappa shape index (κ2) is 11.1. The first-order valence-electron chi connectivity index (χ1n) is 11.9. The fourth-order valence-corrected chi connectivity index (χ4v) is 6.29. The normalized spacial score (nSPS) is 14.4. The number of carbonyl (C=O) groups excluding carboxylic acids is 2. The van der Waals surface area contributed by atoms with Crippen molar-refractivity contribution in [1.82, 2.24) is 4.31 Å². The van der Waals surface area contributed by atoms with E-state index in [2.05, 4.69) is 0 Å². The molecule has 1 aliphatic heterocycles. The Hall–Kier alpha value is -3.49. The van der Waals surface area contributed by atoms with E-state index in [9.17, 15) is 18.0 Å². The summed E-state index contributed by atoms with van der Waals surface area (Å²) >= 11 is 0. The van der Waals surface area contributed by atoms with Gasteiger partial charge in [0.1, 0.15) is 11.5 Å². The van der Waals surface area contributed by atoms with E-state index in [1.165, 1.54) is 13.8 Å². The van der Waals surface area contributed by atoms with E-state index < -0.39 is 27.9 Å². The van der Waals surface area contributed by atoms with Crippen LogP contribution in [0.25, 0.3) is 0 Å². The molecule has 3 aromatic carbocycles. The molecular formula is C28H29NO6S. The minimum Gasteiger partial charge on any atom is -0.427 e. The van der Waals surface area contributed by atoms with Gasteiger partial charge < -0.3 is 9.47 Å². The second-order valence-electron chi connectivity index (χ2n) is 8.76.